The maximum absolute atomic E-state index is 10.8. The zero-order valence-corrected chi connectivity index (χ0v) is 7.76. The molecule has 0 aliphatic carbocycles. The van der Waals surface area contributed by atoms with E-state index in [2.05, 4.69) is 5.92 Å². The first kappa shape index (κ1) is 11.9. The average molecular weight is 206 g/mol. The SMILES string of the molecule is C#CCC(NS(=O)(=O)NC)C(=O)O. The van der Waals surface area contributed by atoms with Crippen LogP contribution in [0.25, 0.3) is 0 Å². The number of carboxylic acids is 1. The summed E-state index contributed by atoms with van der Waals surface area (Å²) in [5.41, 5.74) is 0. The van der Waals surface area contributed by atoms with Crippen LogP contribution in [0.5, 0.6) is 0 Å². The molecule has 0 aromatic rings. The second-order valence-corrected chi connectivity index (χ2v) is 3.78. The van der Waals surface area contributed by atoms with E-state index in [1.165, 1.54) is 0 Å². The minimum absolute atomic E-state index is 0.198. The van der Waals surface area contributed by atoms with Gasteiger partial charge < -0.3 is 5.11 Å². The standard InChI is InChI=1S/C6H10N2O4S/c1-3-4-5(6(9)10)8-13(11,12)7-2/h1,5,7-8H,4H2,2H3,(H,9,10). The Morgan fingerprint density at radius 2 is 2.23 bits per heavy atom. The monoisotopic (exact) mass is 206 g/mol. The summed E-state index contributed by atoms with van der Waals surface area (Å²) < 4.78 is 25.4. The van der Waals surface area contributed by atoms with Crippen LogP contribution in [0.2, 0.25) is 0 Å². The summed E-state index contributed by atoms with van der Waals surface area (Å²) in [6.07, 6.45) is 4.66. The lowest BCUT2D eigenvalue weighted by Gasteiger charge is -2.10. The van der Waals surface area contributed by atoms with Gasteiger partial charge in [0.05, 0.1) is 0 Å². The Morgan fingerprint density at radius 1 is 1.69 bits per heavy atom. The Labute approximate surface area is 76.5 Å². The summed E-state index contributed by atoms with van der Waals surface area (Å²) in [6.45, 7) is 0. The fraction of sp³-hybridized carbons (Fsp3) is 0.500. The van der Waals surface area contributed by atoms with Gasteiger partial charge in [-0.1, -0.05) is 0 Å². The van der Waals surface area contributed by atoms with E-state index in [-0.39, 0.29) is 6.42 Å². The van der Waals surface area contributed by atoms with Crippen molar-refractivity contribution in [3.05, 3.63) is 0 Å². The third-order valence-electron chi connectivity index (χ3n) is 1.19. The van der Waals surface area contributed by atoms with Gasteiger partial charge in [0.1, 0.15) is 6.04 Å². The number of nitrogens with one attached hydrogen (secondary N) is 2. The summed E-state index contributed by atoms with van der Waals surface area (Å²) in [6, 6.07) is -1.29. The van der Waals surface area contributed by atoms with Gasteiger partial charge >= 0.3 is 5.97 Å². The van der Waals surface area contributed by atoms with Crippen molar-refractivity contribution in [2.75, 3.05) is 7.05 Å². The molecule has 0 fully saturated rings. The van der Waals surface area contributed by atoms with Crippen molar-refractivity contribution in [2.45, 2.75) is 12.5 Å². The van der Waals surface area contributed by atoms with Crippen LogP contribution in [0.3, 0.4) is 0 Å². The molecule has 0 spiro atoms. The summed E-state index contributed by atoms with van der Waals surface area (Å²) in [4.78, 5) is 10.4. The van der Waals surface area contributed by atoms with Gasteiger partial charge in [0.2, 0.25) is 0 Å². The molecule has 6 nitrogen and oxygen atoms in total. The van der Waals surface area contributed by atoms with E-state index in [9.17, 15) is 13.2 Å². The van der Waals surface area contributed by atoms with Crippen molar-refractivity contribution in [3.63, 3.8) is 0 Å². The van der Waals surface area contributed by atoms with Crippen LogP contribution < -0.4 is 9.44 Å². The summed E-state index contributed by atoms with van der Waals surface area (Å²) in [7, 11) is -2.60. The number of aliphatic carboxylic acids is 1. The normalized spacial score (nSPS) is 13.2. The van der Waals surface area contributed by atoms with Gasteiger partial charge in [-0.3, -0.25) is 4.79 Å². The minimum atomic E-state index is -3.76. The van der Waals surface area contributed by atoms with E-state index in [0.29, 0.717) is 0 Å². The van der Waals surface area contributed by atoms with Gasteiger partial charge in [0.25, 0.3) is 10.2 Å². The molecule has 0 saturated carbocycles. The van der Waals surface area contributed by atoms with E-state index < -0.39 is 22.2 Å². The summed E-state index contributed by atoms with van der Waals surface area (Å²) >= 11 is 0. The van der Waals surface area contributed by atoms with Crippen LogP contribution >= 0.6 is 0 Å². The van der Waals surface area contributed by atoms with E-state index in [0.717, 1.165) is 7.05 Å². The van der Waals surface area contributed by atoms with Crippen molar-refractivity contribution >= 4 is 16.2 Å². The molecular weight excluding hydrogens is 196 g/mol. The molecule has 13 heavy (non-hydrogen) atoms. The van der Waals surface area contributed by atoms with Crippen molar-refractivity contribution < 1.29 is 18.3 Å². The van der Waals surface area contributed by atoms with E-state index in [1.54, 1.807) is 0 Å². The number of carboxylic acid groups (broad SMARTS) is 1. The zero-order valence-electron chi connectivity index (χ0n) is 6.94. The Bertz CT molecular complexity index is 316. The molecule has 0 bridgehead atoms. The number of terminal acetylenes is 1. The molecule has 0 saturated heterocycles. The molecule has 0 radical (unpaired) electrons. The smallest absolute Gasteiger partial charge is 0.322 e. The topological polar surface area (TPSA) is 95.5 Å². The van der Waals surface area contributed by atoms with Crippen LogP contribution in [0, 0.1) is 12.3 Å². The van der Waals surface area contributed by atoms with Crippen LogP contribution in [-0.4, -0.2) is 32.6 Å². The minimum Gasteiger partial charge on any atom is -0.480 e. The summed E-state index contributed by atoms with van der Waals surface area (Å²) in [5, 5.41) is 8.51. The average Bonchev–Trinajstić information content (AvgIpc) is 2.03. The predicted octanol–water partition coefficient (Wildman–Crippen LogP) is -1.48. The van der Waals surface area contributed by atoms with Crippen LogP contribution in [0.1, 0.15) is 6.42 Å². The first-order valence-corrected chi connectivity index (χ1v) is 4.78. The molecule has 0 aromatic heterocycles. The molecule has 74 valence electrons. The van der Waals surface area contributed by atoms with Crippen molar-refractivity contribution in [3.8, 4) is 12.3 Å². The molecule has 0 heterocycles. The third-order valence-corrected chi connectivity index (χ3v) is 2.32. The van der Waals surface area contributed by atoms with E-state index >= 15 is 0 Å². The van der Waals surface area contributed by atoms with Crippen LogP contribution in [0.15, 0.2) is 0 Å². The highest BCUT2D eigenvalue weighted by molar-refractivity contribution is 7.87. The number of hydrogen-bond donors (Lipinski definition) is 3. The number of carbonyl (C=O) groups is 1. The van der Waals surface area contributed by atoms with Gasteiger partial charge in [-0.25, -0.2) is 4.72 Å². The molecule has 7 heteroatoms. The quantitative estimate of drug-likeness (QED) is 0.478. The van der Waals surface area contributed by atoms with E-state index in [1.807, 2.05) is 9.44 Å². The lowest BCUT2D eigenvalue weighted by atomic mass is 10.2. The highest BCUT2D eigenvalue weighted by atomic mass is 32.2. The molecule has 1 unspecified atom stereocenters. The lowest BCUT2D eigenvalue weighted by Crippen LogP contribution is -2.45. The Hall–Kier alpha value is -1.10. The highest BCUT2D eigenvalue weighted by Gasteiger charge is 2.21. The van der Waals surface area contributed by atoms with Gasteiger partial charge in [-0.15, -0.1) is 12.3 Å². The maximum atomic E-state index is 10.8. The molecular formula is C6H10N2O4S. The van der Waals surface area contributed by atoms with Crippen molar-refractivity contribution in [1.82, 2.24) is 9.44 Å². The van der Waals surface area contributed by atoms with Crippen LogP contribution in [0.4, 0.5) is 0 Å². The number of rotatable bonds is 5. The van der Waals surface area contributed by atoms with E-state index in [4.69, 9.17) is 11.5 Å². The Morgan fingerprint density at radius 3 is 2.54 bits per heavy atom. The lowest BCUT2D eigenvalue weighted by molar-refractivity contribution is -0.138. The third kappa shape index (κ3) is 4.47. The zero-order chi connectivity index (χ0) is 10.5. The first-order chi connectivity index (χ1) is 5.93. The number of hydrogen-bond acceptors (Lipinski definition) is 3. The second kappa shape index (κ2) is 4.81. The van der Waals surface area contributed by atoms with Crippen LogP contribution in [-0.2, 0) is 15.0 Å². The molecule has 0 amide bonds. The first-order valence-electron chi connectivity index (χ1n) is 3.30. The van der Waals surface area contributed by atoms with Gasteiger partial charge in [0.15, 0.2) is 0 Å². The highest BCUT2D eigenvalue weighted by Crippen LogP contribution is 1.92. The fourth-order valence-electron chi connectivity index (χ4n) is 0.543. The van der Waals surface area contributed by atoms with Crippen molar-refractivity contribution in [1.29, 1.82) is 0 Å². The van der Waals surface area contributed by atoms with Gasteiger partial charge in [-0.05, 0) is 0 Å². The fourth-order valence-corrected chi connectivity index (χ4v) is 1.22. The second-order valence-electron chi connectivity index (χ2n) is 2.12. The predicted molar refractivity (Wildman–Crippen MR) is 46.0 cm³/mol. The van der Waals surface area contributed by atoms with Gasteiger partial charge in [0, 0.05) is 13.5 Å². The molecule has 3 N–H and O–H groups in total. The molecule has 0 aromatic carbocycles. The van der Waals surface area contributed by atoms with Gasteiger partial charge in [-0.2, -0.15) is 13.1 Å². The Kier molecular flexibility index (Phi) is 4.40. The molecule has 0 rings (SSSR count). The van der Waals surface area contributed by atoms with Crippen molar-refractivity contribution in [2.24, 2.45) is 0 Å². The summed E-state index contributed by atoms with van der Waals surface area (Å²) in [5.74, 6) is 0.752. The molecule has 0 aliphatic rings. The Balaban J connectivity index is 4.46. The largest absolute Gasteiger partial charge is 0.480 e. The maximum Gasteiger partial charge on any atom is 0.322 e. The molecule has 1 atom stereocenters. The molecule has 0 aliphatic heterocycles.